The first-order valence-corrected chi connectivity index (χ1v) is 5.51. The standard InChI is InChI=1S/C12H17NO4/c1-2-7-17-10(15)6-4-8-3-5-9(14)12(16)11(8)13/h3,5,14,16H,2,4,6-7,13H2,1H3. The number of carbonyl (C=O) groups excluding carboxylic acids is 1. The number of benzene rings is 1. The number of phenolic OH excluding ortho intramolecular Hbond substituents is 2. The Labute approximate surface area is 99.8 Å². The Bertz CT molecular complexity index is 404. The second-order valence-electron chi connectivity index (χ2n) is 3.73. The van der Waals surface area contributed by atoms with Crippen molar-refractivity contribution in [2.75, 3.05) is 12.3 Å². The molecule has 4 N–H and O–H groups in total. The van der Waals surface area contributed by atoms with E-state index in [-0.39, 0.29) is 29.6 Å². The average Bonchev–Trinajstić information content (AvgIpc) is 2.32. The predicted octanol–water partition coefficient (Wildman–Crippen LogP) is 1.57. The summed E-state index contributed by atoms with van der Waals surface area (Å²) < 4.78 is 4.92. The first kappa shape index (κ1) is 13.2. The zero-order valence-electron chi connectivity index (χ0n) is 9.77. The monoisotopic (exact) mass is 239 g/mol. The molecular weight excluding hydrogens is 222 g/mol. The number of rotatable bonds is 5. The number of nitrogen functional groups attached to an aromatic ring is 1. The van der Waals surface area contributed by atoms with Crippen molar-refractivity contribution < 1.29 is 19.7 Å². The summed E-state index contributed by atoms with van der Waals surface area (Å²) in [6.45, 7) is 2.33. The third-order valence-corrected chi connectivity index (χ3v) is 2.35. The molecular formula is C12H17NO4. The van der Waals surface area contributed by atoms with Crippen LogP contribution in [0.4, 0.5) is 5.69 Å². The van der Waals surface area contributed by atoms with Gasteiger partial charge in [-0.25, -0.2) is 0 Å². The largest absolute Gasteiger partial charge is 0.504 e. The molecule has 17 heavy (non-hydrogen) atoms. The molecule has 0 fully saturated rings. The van der Waals surface area contributed by atoms with E-state index in [1.807, 2.05) is 6.92 Å². The molecule has 1 rings (SSSR count). The van der Waals surface area contributed by atoms with Crippen molar-refractivity contribution in [3.63, 3.8) is 0 Å². The zero-order valence-corrected chi connectivity index (χ0v) is 9.77. The summed E-state index contributed by atoms with van der Waals surface area (Å²) in [6.07, 6.45) is 1.37. The molecule has 0 saturated carbocycles. The van der Waals surface area contributed by atoms with Crippen molar-refractivity contribution in [1.29, 1.82) is 0 Å². The molecule has 0 radical (unpaired) electrons. The van der Waals surface area contributed by atoms with E-state index in [0.29, 0.717) is 18.6 Å². The lowest BCUT2D eigenvalue weighted by Gasteiger charge is -2.08. The van der Waals surface area contributed by atoms with Gasteiger partial charge < -0.3 is 20.7 Å². The Kier molecular flexibility index (Phi) is 4.63. The van der Waals surface area contributed by atoms with Crippen LogP contribution >= 0.6 is 0 Å². The highest BCUT2D eigenvalue weighted by atomic mass is 16.5. The van der Waals surface area contributed by atoms with Gasteiger partial charge in [-0.1, -0.05) is 13.0 Å². The van der Waals surface area contributed by atoms with E-state index >= 15 is 0 Å². The number of ether oxygens (including phenoxy) is 1. The van der Waals surface area contributed by atoms with E-state index in [1.54, 1.807) is 6.07 Å². The number of nitrogens with two attached hydrogens (primary N) is 1. The molecule has 0 spiro atoms. The first-order chi connectivity index (χ1) is 8.06. The number of aryl methyl sites for hydroxylation is 1. The Morgan fingerprint density at radius 1 is 1.41 bits per heavy atom. The Morgan fingerprint density at radius 2 is 2.12 bits per heavy atom. The van der Waals surface area contributed by atoms with Gasteiger partial charge in [0.15, 0.2) is 11.5 Å². The van der Waals surface area contributed by atoms with E-state index in [9.17, 15) is 15.0 Å². The maximum absolute atomic E-state index is 11.3. The molecule has 0 amide bonds. The van der Waals surface area contributed by atoms with E-state index in [2.05, 4.69) is 0 Å². The van der Waals surface area contributed by atoms with E-state index < -0.39 is 0 Å². The summed E-state index contributed by atoms with van der Waals surface area (Å²) in [5.41, 5.74) is 6.33. The van der Waals surface area contributed by atoms with Crippen LogP contribution in [0.25, 0.3) is 0 Å². The number of aromatic hydroxyl groups is 2. The van der Waals surface area contributed by atoms with Crippen LogP contribution in [0.3, 0.4) is 0 Å². The van der Waals surface area contributed by atoms with Gasteiger partial charge >= 0.3 is 5.97 Å². The molecule has 1 aromatic carbocycles. The number of esters is 1. The van der Waals surface area contributed by atoms with Crippen LogP contribution in [0.1, 0.15) is 25.3 Å². The van der Waals surface area contributed by atoms with Gasteiger partial charge in [0, 0.05) is 6.42 Å². The van der Waals surface area contributed by atoms with Crippen LogP contribution in [0.15, 0.2) is 12.1 Å². The fraction of sp³-hybridized carbons (Fsp3) is 0.417. The van der Waals surface area contributed by atoms with Gasteiger partial charge in [-0.15, -0.1) is 0 Å². The molecule has 5 nitrogen and oxygen atoms in total. The van der Waals surface area contributed by atoms with Gasteiger partial charge in [-0.2, -0.15) is 0 Å². The molecule has 0 aliphatic carbocycles. The Balaban J connectivity index is 2.58. The molecule has 0 bridgehead atoms. The van der Waals surface area contributed by atoms with Crippen LogP contribution in [0.5, 0.6) is 11.5 Å². The minimum absolute atomic E-state index is 0.105. The predicted molar refractivity (Wildman–Crippen MR) is 63.8 cm³/mol. The third kappa shape index (κ3) is 3.55. The van der Waals surface area contributed by atoms with Crippen molar-refractivity contribution in [3.8, 4) is 11.5 Å². The molecule has 0 aliphatic rings. The summed E-state index contributed by atoms with van der Waals surface area (Å²) in [5.74, 6) is -0.900. The van der Waals surface area contributed by atoms with Crippen LogP contribution in [-0.2, 0) is 16.0 Å². The van der Waals surface area contributed by atoms with Crippen LogP contribution < -0.4 is 5.73 Å². The number of carbonyl (C=O) groups is 1. The summed E-state index contributed by atoms with van der Waals surface area (Å²) in [5, 5.41) is 18.6. The Morgan fingerprint density at radius 3 is 2.76 bits per heavy atom. The van der Waals surface area contributed by atoms with Crippen molar-refractivity contribution in [2.45, 2.75) is 26.2 Å². The number of hydrogen-bond donors (Lipinski definition) is 3. The average molecular weight is 239 g/mol. The fourth-order valence-electron chi connectivity index (χ4n) is 1.38. The number of hydrogen-bond acceptors (Lipinski definition) is 5. The molecule has 5 heteroatoms. The lowest BCUT2D eigenvalue weighted by atomic mass is 10.1. The molecule has 1 aromatic rings. The summed E-state index contributed by atoms with van der Waals surface area (Å²) in [7, 11) is 0. The highest BCUT2D eigenvalue weighted by Gasteiger charge is 2.10. The summed E-state index contributed by atoms with van der Waals surface area (Å²) in [4.78, 5) is 11.3. The third-order valence-electron chi connectivity index (χ3n) is 2.35. The van der Waals surface area contributed by atoms with Crippen molar-refractivity contribution in [1.82, 2.24) is 0 Å². The molecule has 0 heterocycles. The SMILES string of the molecule is CCCOC(=O)CCc1ccc(O)c(O)c1N. The van der Waals surface area contributed by atoms with E-state index in [0.717, 1.165) is 6.42 Å². The molecule has 0 aliphatic heterocycles. The second-order valence-corrected chi connectivity index (χ2v) is 3.73. The highest BCUT2D eigenvalue weighted by molar-refractivity contribution is 5.71. The quantitative estimate of drug-likeness (QED) is 0.412. The minimum atomic E-state index is -0.343. The van der Waals surface area contributed by atoms with Crippen molar-refractivity contribution >= 4 is 11.7 Å². The van der Waals surface area contributed by atoms with Gasteiger partial charge in [0.25, 0.3) is 0 Å². The normalized spacial score (nSPS) is 10.2. The molecule has 0 unspecified atom stereocenters. The Hall–Kier alpha value is -1.91. The molecule has 94 valence electrons. The highest BCUT2D eigenvalue weighted by Crippen LogP contribution is 2.33. The second kappa shape index (κ2) is 5.98. The number of phenols is 2. The first-order valence-electron chi connectivity index (χ1n) is 5.51. The van der Waals surface area contributed by atoms with Crippen LogP contribution in [0, 0.1) is 0 Å². The number of anilines is 1. The van der Waals surface area contributed by atoms with E-state index in [4.69, 9.17) is 10.5 Å². The maximum Gasteiger partial charge on any atom is 0.306 e. The molecule has 0 saturated heterocycles. The van der Waals surface area contributed by atoms with Crippen molar-refractivity contribution in [2.24, 2.45) is 0 Å². The lowest BCUT2D eigenvalue weighted by molar-refractivity contribution is -0.143. The van der Waals surface area contributed by atoms with Gasteiger partial charge in [0.05, 0.1) is 12.3 Å². The minimum Gasteiger partial charge on any atom is -0.504 e. The van der Waals surface area contributed by atoms with Gasteiger partial charge in [-0.3, -0.25) is 4.79 Å². The van der Waals surface area contributed by atoms with Crippen LogP contribution in [-0.4, -0.2) is 22.8 Å². The molecule has 0 aromatic heterocycles. The van der Waals surface area contributed by atoms with Gasteiger partial charge in [-0.05, 0) is 24.5 Å². The summed E-state index contributed by atoms with van der Waals surface area (Å²) in [6, 6.07) is 2.93. The molecule has 0 atom stereocenters. The fourth-order valence-corrected chi connectivity index (χ4v) is 1.38. The summed E-state index contributed by atoms with van der Waals surface area (Å²) >= 11 is 0. The van der Waals surface area contributed by atoms with Gasteiger partial charge in [0.2, 0.25) is 0 Å². The lowest BCUT2D eigenvalue weighted by Crippen LogP contribution is -2.07. The van der Waals surface area contributed by atoms with E-state index in [1.165, 1.54) is 6.07 Å². The topological polar surface area (TPSA) is 92.8 Å². The van der Waals surface area contributed by atoms with Crippen molar-refractivity contribution in [3.05, 3.63) is 17.7 Å². The van der Waals surface area contributed by atoms with Gasteiger partial charge in [0.1, 0.15) is 0 Å². The smallest absolute Gasteiger partial charge is 0.306 e. The zero-order chi connectivity index (χ0) is 12.8. The van der Waals surface area contributed by atoms with Crippen LogP contribution in [0.2, 0.25) is 0 Å². The maximum atomic E-state index is 11.3.